The first-order valence-electron chi connectivity index (χ1n) is 5.68. The molecular weight excluding hydrogens is 158 g/mol. The molecule has 0 amide bonds. The molecule has 3 unspecified atom stereocenters. The zero-order valence-electron chi connectivity index (χ0n) is 8.87. The van der Waals surface area contributed by atoms with Gasteiger partial charge in [-0.1, -0.05) is 32.4 Å². The van der Waals surface area contributed by atoms with Crippen molar-refractivity contribution in [3.63, 3.8) is 0 Å². The molecule has 1 saturated carbocycles. The van der Waals surface area contributed by atoms with Gasteiger partial charge in [0, 0.05) is 19.1 Å². The summed E-state index contributed by atoms with van der Waals surface area (Å²) in [5, 5.41) is 0. The van der Waals surface area contributed by atoms with Crippen LogP contribution in [0.4, 0.5) is 0 Å². The van der Waals surface area contributed by atoms with Gasteiger partial charge in [-0.2, -0.15) is 0 Å². The summed E-state index contributed by atoms with van der Waals surface area (Å²) >= 11 is 0. The predicted molar refractivity (Wildman–Crippen MR) is 56.7 cm³/mol. The summed E-state index contributed by atoms with van der Waals surface area (Å²) in [4.78, 5) is 2.68. The second kappa shape index (κ2) is 3.83. The van der Waals surface area contributed by atoms with E-state index < -0.39 is 0 Å². The molecule has 1 fully saturated rings. The smallest absolute Gasteiger partial charge is 0.0166 e. The molecule has 0 spiro atoms. The van der Waals surface area contributed by atoms with Gasteiger partial charge in [0.05, 0.1) is 0 Å². The normalized spacial score (nSPS) is 41.2. The molecule has 0 aromatic heterocycles. The lowest BCUT2D eigenvalue weighted by Gasteiger charge is -2.34. The van der Waals surface area contributed by atoms with Gasteiger partial charge in [-0.15, -0.1) is 0 Å². The molecular formula is C12H21N. The molecule has 0 N–H and O–H groups in total. The Kier molecular flexibility index (Phi) is 2.73. The summed E-state index contributed by atoms with van der Waals surface area (Å²) in [5.74, 6) is 1.69. The van der Waals surface area contributed by atoms with E-state index in [-0.39, 0.29) is 0 Å². The average Bonchev–Trinajstić information content (AvgIpc) is 2.51. The summed E-state index contributed by atoms with van der Waals surface area (Å²) in [6.07, 6.45) is 9.02. The summed E-state index contributed by atoms with van der Waals surface area (Å²) in [6, 6.07) is 0.882. The Labute approximate surface area is 81.8 Å². The van der Waals surface area contributed by atoms with Gasteiger partial charge in [0.2, 0.25) is 0 Å². The highest BCUT2D eigenvalue weighted by Gasteiger charge is 2.29. The molecule has 1 heteroatoms. The van der Waals surface area contributed by atoms with Crippen LogP contribution in [-0.4, -0.2) is 24.0 Å². The Hall–Kier alpha value is -0.300. The Balaban J connectivity index is 1.96. The summed E-state index contributed by atoms with van der Waals surface area (Å²) in [7, 11) is 0. The van der Waals surface area contributed by atoms with Crippen LogP contribution in [0.3, 0.4) is 0 Å². The second-order valence-corrected chi connectivity index (χ2v) is 4.83. The highest BCUT2D eigenvalue weighted by Crippen LogP contribution is 2.30. The predicted octanol–water partition coefficient (Wildman–Crippen LogP) is 2.68. The molecule has 0 aromatic carbocycles. The van der Waals surface area contributed by atoms with Gasteiger partial charge in [0.25, 0.3) is 0 Å². The van der Waals surface area contributed by atoms with E-state index in [1.54, 1.807) is 0 Å². The zero-order valence-corrected chi connectivity index (χ0v) is 8.87. The molecule has 1 aliphatic carbocycles. The van der Waals surface area contributed by atoms with Crippen LogP contribution in [0.2, 0.25) is 0 Å². The molecule has 2 aliphatic rings. The maximum absolute atomic E-state index is 2.68. The zero-order chi connectivity index (χ0) is 9.26. The Morgan fingerprint density at radius 3 is 2.69 bits per heavy atom. The second-order valence-electron chi connectivity index (χ2n) is 4.83. The number of hydrogen-bond donors (Lipinski definition) is 0. The van der Waals surface area contributed by atoms with Crippen LogP contribution in [0.1, 0.15) is 33.1 Å². The summed E-state index contributed by atoms with van der Waals surface area (Å²) in [5.41, 5.74) is 0. The third kappa shape index (κ3) is 1.96. The molecule has 0 aromatic rings. The number of nitrogens with zero attached hydrogens (tertiary/aromatic N) is 1. The molecule has 1 aliphatic heterocycles. The van der Waals surface area contributed by atoms with Crippen molar-refractivity contribution >= 4 is 0 Å². The van der Waals surface area contributed by atoms with E-state index >= 15 is 0 Å². The Morgan fingerprint density at radius 2 is 2.08 bits per heavy atom. The molecule has 1 nitrogen and oxygen atoms in total. The molecule has 0 saturated heterocycles. The summed E-state index contributed by atoms with van der Waals surface area (Å²) in [6.45, 7) is 7.22. The first kappa shape index (κ1) is 9.26. The van der Waals surface area contributed by atoms with Gasteiger partial charge in [0.15, 0.2) is 0 Å². The third-order valence-electron chi connectivity index (χ3n) is 3.61. The monoisotopic (exact) mass is 179 g/mol. The van der Waals surface area contributed by atoms with E-state index in [1.165, 1.54) is 32.4 Å². The van der Waals surface area contributed by atoms with Gasteiger partial charge in [-0.05, 0) is 24.7 Å². The molecule has 3 atom stereocenters. The highest BCUT2D eigenvalue weighted by atomic mass is 15.2. The van der Waals surface area contributed by atoms with Crippen LogP contribution in [-0.2, 0) is 0 Å². The van der Waals surface area contributed by atoms with Crippen LogP contribution in [0.5, 0.6) is 0 Å². The quantitative estimate of drug-likeness (QED) is 0.559. The van der Waals surface area contributed by atoms with Crippen molar-refractivity contribution < 1.29 is 0 Å². The lowest BCUT2D eigenvalue weighted by molar-refractivity contribution is 0.163. The maximum Gasteiger partial charge on any atom is 0.0166 e. The van der Waals surface area contributed by atoms with E-state index in [0.29, 0.717) is 0 Å². The van der Waals surface area contributed by atoms with Crippen molar-refractivity contribution in [1.82, 2.24) is 4.90 Å². The highest BCUT2D eigenvalue weighted by molar-refractivity contribution is 4.98. The minimum absolute atomic E-state index is 0.765. The van der Waals surface area contributed by atoms with E-state index in [1.807, 2.05) is 0 Å². The van der Waals surface area contributed by atoms with Gasteiger partial charge in [-0.25, -0.2) is 0 Å². The molecule has 1 heterocycles. The van der Waals surface area contributed by atoms with Crippen molar-refractivity contribution in [3.05, 3.63) is 12.2 Å². The van der Waals surface area contributed by atoms with E-state index in [4.69, 9.17) is 0 Å². The maximum atomic E-state index is 2.68. The van der Waals surface area contributed by atoms with Crippen molar-refractivity contribution in [2.45, 2.75) is 39.2 Å². The minimum atomic E-state index is 0.765. The largest absolute Gasteiger partial charge is 0.296 e. The third-order valence-corrected chi connectivity index (χ3v) is 3.61. The Morgan fingerprint density at radius 1 is 1.23 bits per heavy atom. The molecule has 0 radical (unpaired) electrons. The first-order valence-corrected chi connectivity index (χ1v) is 5.68. The van der Waals surface area contributed by atoms with Gasteiger partial charge >= 0.3 is 0 Å². The minimum Gasteiger partial charge on any atom is -0.296 e. The van der Waals surface area contributed by atoms with E-state index in [2.05, 4.69) is 30.9 Å². The summed E-state index contributed by atoms with van der Waals surface area (Å²) < 4.78 is 0. The van der Waals surface area contributed by atoms with Crippen molar-refractivity contribution in [1.29, 1.82) is 0 Å². The van der Waals surface area contributed by atoms with Crippen LogP contribution in [0.25, 0.3) is 0 Å². The lowest BCUT2D eigenvalue weighted by atomic mass is 10.00. The topological polar surface area (TPSA) is 3.24 Å². The van der Waals surface area contributed by atoms with Gasteiger partial charge in [0.1, 0.15) is 0 Å². The molecule has 13 heavy (non-hydrogen) atoms. The fourth-order valence-electron chi connectivity index (χ4n) is 2.87. The van der Waals surface area contributed by atoms with Crippen molar-refractivity contribution in [2.75, 3.05) is 13.1 Å². The molecule has 0 bridgehead atoms. The molecule has 2 rings (SSSR count). The molecule has 74 valence electrons. The SMILES string of the molecule is CC1C=CCN(C2CCCC2C)C1. The van der Waals surface area contributed by atoms with Crippen molar-refractivity contribution in [2.24, 2.45) is 11.8 Å². The van der Waals surface area contributed by atoms with Crippen LogP contribution in [0.15, 0.2) is 12.2 Å². The van der Waals surface area contributed by atoms with Gasteiger partial charge in [-0.3, -0.25) is 4.90 Å². The lowest BCUT2D eigenvalue weighted by Crippen LogP contribution is -2.41. The fourth-order valence-corrected chi connectivity index (χ4v) is 2.87. The Bertz CT molecular complexity index is 197. The van der Waals surface area contributed by atoms with E-state index in [0.717, 1.165) is 17.9 Å². The fraction of sp³-hybridized carbons (Fsp3) is 0.833. The number of rotatable bonds is 1. The standard InChI is InChI=1S/C12H21N/c1-10-5-4-8-13(9-10)12-7-3-6-11(12)2/h4-5,10-12H,3,6-9H2,1-2H3. The van der Waals surface area contributed by atoms with Crippen LogP contribution < -0.4 is 0 Å². The van der Waals surface area contributed by atoms with Crippen LogP contribution in [0, 0.1) is 11.8 Å². The van der Waals surface area contributed by atoms with Crippen molar-refractivity contribution in [3.8, 4) is 0 Å². The van der Waals surface area contributed by atoms with E-state index in [9.17, 15) is 0 Å². The number of hydrogen-bond acceptors (Lipinski definition) is 1. The van der Waals surface area contributed by atoms with Gasteiger partial charge < -0.3 is 0 Å². The average molecular weight is 179 g/mol. The van der Waals surface area contributed by atoms with Crippen LogP contribution >= 0.6 is 0 Å². The first-order chi connectivity index (χ1) is 6.27.